The zero-order chi connectivity index (χ0) is 16.0. The molecule has 0 atom stereocenters. The lowest BCUT2D eigenvalue weighted by Gasteiger charge is -2.15. The van der Waals surface area contributed by atoms with E-state index >= 15 is 0 Å². The SMILES string of the molecule is O=C(O)CP(=O)(OOCC(F)(F)F)OOCC(F)(F)F. The van der Waals surface area contributed by atoms with E-state index in [9.17, 15) is 35.7 Å². The highest BCUT2D eigenvalue weighted by atomic mass is 31.2. The molecule has 0 aliphatic rings. The zero-order valence-corrected chi connectivity index (χ0v) is 10.1. The van der Waals surface area contributed by atoms with Crippen LogP contribution in [-0.4, -0.2) is 42.8 Å². The first-order valence-electron chi connectivity index (χ1n) is 4.40. The number of hydrogen-bond acceptors (Lipinski definition) is 6. The maximum Gasteiger partial charge on any atom is 0.414 e. The van der Waals surface area contributed by atoms with Gasteiger partial charge >= 0.3 is 25.9 Å². The van der Waals surface area contributed by atoms with E-state index in [1.165, 1.54) is 0 Å². The van der Waals surface area contributed by atoms with Gasteiger partial charge in [-0.1, -0.05) is 0 Å². The van der Waals surface area contributed by atoms with Crippen LogP contribution in [0.5, 0.6) is 0 Å². The van der Waals surface area contributed by atoms with Gasteiger partial charge in [-0.3, -0.25) is 9.36 Å². The van der Waals surface area contributed by atoms with E-state index in [1.807, 2.05) is 0 Å². The molecule has 0 saturated carbocycles. The minimum atomic E-state index is -4.99. The van der Waals surface area contributed by atoms with Gasteiger partial charge in [-0.15, -0.1) is 9.35 Å². The second-order valence-corrected chi connectivity index (χ2v) is 4.90. The van der Waals surface area contributed by atoms with E-state index in [0.717, 1.165) is 0 Å². The van der Waals surface area contributed by atoms with E-state index < -0.39 is 45.3 Å². The molecule has 0 aromatic heterocycles. The largest absolute Gasteiger partial charge is 0.481 e. The average Bonchev–Trinajstić information content (AvgIpc) is 2.10. The number of carbonyl (C=O) groups is 1. The standard InChI is InChI=1S/C6H7F6O7P/c7-5(8,9)2-16-18-20(15,1-4(13)14)19-17-3-6(10,11)12/h1-3H2,(H,13,14). The highest BCUT2D eigenvalue weighted by Gasteiger charge is 2.37. The summed E-state index contributed by atoms with van der Waals surface area (Å²) < 4.78 is 88.5. The van der Waals surface area contributed by atoms with Gasteiger partial charge in [-0.25, -0.2) is 9.78 Å². The van der Waals surface area contributed by atoms with Crippen LogP contribution in [-0.2, 0) is 28.5 Å². The molecule has 0 aromatic rings. The van der Waals surface area contributed by atoms with Gasteiger partial charge in [0.05, 0.1) is 0 Å². The number of rotatable bonds is 8. The maximum absolute atomic E-state index is 11.7. The third-order valence-corrected chi connectivity index (χ3v) is 2.43. The molecule has 0 heterocycles. The average molecular weight is 336 g/mol. The van der Waals surface area contributed by atoms with Crippen molar-refractivity contribution >= 4 is 13.6 Å². The van der Waals surface area contributed by atoms with Gasteiger partial charge in [0.15, 0.2) is 19.4 Å². The van der Waals surface area contributed by atoms with Crippen LogP contribution in [0.15, 0.2) is 0 Å². The molecule has 0 spiro atoms. The topological polar surface area (TPSA) is 91.3 Å². The van der Waals surface area contributed by atoms with E-state index in [4.69, 9.17) is 5.11 Å². The number of carboxylic acid groups (broad SMARTS) is 1. The summed E-state index contributed by atoms with van der Waals surface area (Å²) in [6.07, 6.45) is -11.4. The minimum Gasteiger partial charge on any atom is -0.481 e. The van der Waals surface area contributed by atoms with Crippen molar-refractivity contribution in [3.05, 3.63) is 0 Å². The van der Waals surface area contributed by atoms with Gasteiger partial charge in [-0.2, -0.15) is 26.3 Å². The number of halogens is 6. The molecule has 120 valence electrons. The fourth-order valence-corrected chi connectivity index (χ4v) is 1.47. The Bertz CT molecular complexity index is 342. The molecule has 0 bridgehead atoms. The van der Waals surface area contributed by atoms with Gasteiger partial charge in [0.1, 0.15) is 0 Å². The first kappa shape index (κ1) is 19.1. The van der Waals surface area contributed by atoms with Gasteiger partial charge in [0.25, 0.3) is 0 Å². The summed E-state index contributed by atoms with van der Waals surface area (Å²) in [5.74, 6) is -1.89. The van der Waals surface area contributed by atoms with Crippen LogP contribution in [0.25, 0.3) is 0 Å². The first-order chi connectivity index (χ1) is 8.83. The van der Waals surface area contributed by atoms with E-state index in [1.54, 1.807) is 0 Å². The van der Waals surface area contributed by atoms with E-state index in [2.05, 4.69) is 19.1 Å². The van der Waals surface area contributed by atoms with Crippen molar-refractivity contribution < 1.29 is 59.9 Å². The molecule has 0 radical (unpaired) electrons. The summed E-state index contributed by atoms with van der Waals surface area (Å²) in [5.41, 5.74) is 0. The Morgan fingerprint density at radius 2 is 1.30 bits per heavy atom. The second-order valence-electron chi connectivity index (χ2n) is 3.07. The quantitative estimate of drug-likeness (QED) is 0.315. The van der Waals surface area contributed by atoms with Crippen LogP contribution in [0.3, 0.4) is 0 Å². The Morgan fingerprint density at radius 1 is 0.950 bits per heavy atom. The molecule has 0 aliphatic heterocycles. The van der Waals surface area contributed by atoms with Gasteiger partial charge in [-0.05, 0) is 0 Å². The second kappa shape index (κ2) is 7.22. The molecule has 1 N–H and O–H groups in total. The molecule has 0 unspecified atom stereocenters. The minimum absolute atomic E-state index is 1.57. The summed E-state index contributed by atoms with van der Waals surface area (Å²) in [5, 5.41) is 8.28. The predicted molar refractivity (Wildman–Crippen MR) is 46.3 cm³/mol. The Hall–Kier alpha value is -0.880. The van der Waals surface area contributed by atoms with Crippen molar-refractivity contribution in [1.29, 1.82) is 0 Å². The third-order valence-electron chi connectivity index (χ3n) is 1.11. The van der Waals surface area contributed by atoms with Crippen molar-refractivity contribution in [3.63, 3.8) is 0 Å². The van der Waals surface area contributed by atoms with Crippen LogP contribution in [0, 0.1) is 0 Å². The molecule has 0 amide bonds. The number of hydrogen-bond donors (Lipinski definition) is 1. The van der Waals surface area contributed by atoms with E-state index in [0.29, 0.717) is 0 Å². The molecule has 7 nitrogen and oxygen atoms in total. The lowest BCUT2D eigenvalue weighted by atomic mass is 10.7. The summed E-state index contributed by atoms with van der Waals surface area (Å²) in [4.78, 5) is 17.1. The smallest absolute Gasteiger partial charge is 0.414 e. The molecule has 0 rings (SSSR count). The summed E-state index contributed by atoms with van der Waals surface area (Å²) >= 11 is 0. The molecule has 0 saturated heterocycles. The molecule has 0 fully saturated rings. The summed E-state index contributed by atoms with van der Waals surface area (Å²) in [6, 6.07) is 0. The normalized spacial score (nSPS) is 13.5. The van der Waals surface area contributed by atoms with Gasteiger partial charge in [0, 0.05) is 0 Å². The van der Waals surface area contributed by atoms with Gasteiger partial charge in [0.2, 0.25) is 0 Å². The highest BCUT2D eigenvalue weighted by molar-refractivity contribution is 7.54. The van der Waals surface area contributed by atoms with Crippen LogP contribution < -0.4 is 0 Å². The fraction of sp³-hybridized carbons (Fsp3) is 0.833. The Balaban J connectivity index is 4.44. The molecule has 14 heteroatoms. The first-order valence-corrected chi connectivity index (χ1v) is 6.12. The van der Waals surface area contributed by atoms with Crippen LogP contribution in [0.1, 0.15) is 0 Å². The molecule has 0 aliphatic carbocycles. The molecular formula is C6H7F6O7P. The fourth-order valence-electron chi connectivity index (χ4n) is 0.578. The monoisotopic (exact) mass is 336 g/mol. The number of alkyl halides is 6. The number of carboxylic acids is 1. The van der Waals surface area contributed by atoms with Crippen molar-refractivity contribution in [3.8, 4) is 0 Å². The Morgan fingerprint density at radius 3 is 1.55 bits per heavy atom. The maximum atomic E-state index is 11.7. The van der Waals surface area contributed by atoms with Crippen molar-refractivity contribution in [1.82, 2.24) is 0 Å². The van der Waals surface area contributed by atoms with Crippen molar-refractivity contribution in [2.45, 2.75) is 12.4 Å². The Labute approximate surface area is 106 Å². The highest BCUT2D eigenvalue weighted by Crippen LogP contribution is 2.48. The predicted octanol–water partition coefficient (Wildman–Crippen LogP) is 2.29. The van der Waals surface area contributed by atoms with Crippen LogP contribution >= 0.6 is 7.60 Å². The lowest BCUT2D eigenvalue weighted by molar-refractivity contribution is -0.321. The van der Waals surface area contributed by atoms with Gasteiger partial charge < -0.3 is 5.11 Å². The molecule has 20 heavy (non-hydrogen) atoms. The van der Waals surface area contributed by atoms with E-state index in [-0.39, 0.29) is 0 Å². The van der Waals surface area contributed by atoms with Crippen molar-refractivity contribution in [2.75, 3.05) is 19.4 Å². The zero-order valence-electron chi connectivity index (χ0n) is 9.23. The Kier molecular flexibility index (Phi) is 6.90. The summed E-state index contributed by atoms with van der Waals surface area (Å²) in [6.45, 7) is -4.17. The third kappa shape index (κ3) is 11.0. The molecular weight excluding hydrogens is 329 g/mol. The van der Waals surface area contributed by atoms with Crippen molar-refractivity contribution in [2.24, 2.45) is 0 Å². The molecule has 0 aromatic carbocycles. The van der Waals surface area contributed by atoms with Crippen LogP contribution in [0.2, 0.25) is 0 Å². The van der Waals surface area contributed by atoms with Crippen LogP contribution in [0.4, 0.5) is 26.3 Å². The summed E-state index contributed by atoms with van der Waals surface area (Å²) in [7, 11) is -4.99. The lowest BCUT2D eigenvalue weighted by Crippen LogP contribution is -2.20. The number of aliphatic carboxylic acids is 1.